The molecule has 0 saturated carbocycles. The van der Waals surface area contributed by atoms with Crippen LogP contribution in [0.1, 0.15) is 57.6 Å². The maximum absolute atomic E-state index is 14.1. The summed E-state index contributed by atoms with van der Waals surface area (Å²) in [6.45, 7) is 4.39. The van der Waals surface area contributed by atoms with Crippen molar-refractivity contribution in [3.05, 3.63) is 137 Å². The van der Waals surface area contributed by atoms with Crippen molar-refractivity contribution in [3.8, 4) is 0 Å². The van der Waals surface area contributed by atoms with Crippen LogP contribution in [0.2, 0.25) is 0 Å². The second-order valence-electron chi connectivity index (χ2n) is 11.2. The summed E-state index contributed by atoms with van der Waals surface area (Å²) in [4.78, 5) is 41.1. The number of fused-ring (bicyclic) bond motifs is 1. The van der Waals surface area contributed by atoms with Crippen molar-refractivity contribution in [1.29, 1.82) is 0 Å². The van der Waals surface area contributed by atoms with Crippen LogP contribution in [0.25, 0.3) is 0 Å². The molecule has 2 N–H and O–H groups in total. The molecule has 1 aliphatic carbocycles. The molecule has 3 amide bonds. The van der Waals surface area contributed by atoms with Crippen molar-refractivity contribution in [3.63, 3.8) is 0 Å². The van der Waals surface area contributed by atoms with Gasteiger partial charge in [0.25, 0.3) is 0 Å². The molecule has 0 radical (unpaired) electrons. The van der Waals surface area contributed by atoms with Gasteiger partial charge in [0.15, 0.2) is 0 Å². The Morgan fingerprint density at radius 1 is 0.886 bits per heavy atom. The van der Waals surface area contributed by atoms with E-state index in [0.717, 1.165) is 24.8 Å². The highest BCUT2D eigenvalue weighted by atomic mass is 16.5. The topological polar surface area (TPSA) is 87.7 Å². The van der Waals surface area contributed by atoms with Crippen molar-refractivity contribution in [2.75, 3.05) is 18.5 Å². The Labute approximate surface area is 259 Å². The fraction of sp³-hybridized carbons (Fsp3) is 0.270. The molecule has 2 atom stereocenters. The number of aryl methyl sites for hydroxylation is 2. The molecular formula is C37H39N3O4. The Morgan fingerprint density at radius 2 is 1.64 bits per heavy atom. The van der Waals surface area contributed by atoms with Crippen LogP contribution in [-0.4, -0.2) is 36.0 Å². The van der Waals surface area contributed by atoms with Gasteiger partial charge in [0.1, 0.15) is 0 Å². The van der Waals surface area contributed by atoms with E-state index >= 15 is 0 Å². The van der Waals surface area contributed by atoms with E-state index in [0.29, 0.717) is 17.8 Å². The minimum Gasteiger partial charge on any atom is -0.462 e. The molecule has 0 bridgehead atoms. The monoisotopic (exact) mass is 589 g/mol. The smallest absolute Gasteiger partial charge is 0.338 e. The van der Waals surface area contributed by atoms with Gasteiger partial charge in [-0.1, -0.05) is 84.9 Å². The summed E-state index contributed by atoms with van der Waals surface area (Å²) in [5, 5.41) is 5.49. The lowest BCUT2D eigenvalue weighted by molar-refractivity contribution is -0.135. The molecular weight excluding hydrogens is 550 g/mol. The summed E-state index contributed by atoms with van der Waals surface area (Å²) in [5.74, 6) is -0.421. The van der Waals surface area contributed by atoms with Crippen LogP contribution < -0.4 is 10.6 Å². The van der Waals surface area contributed by atoms with Gasteiger partial charge in [-0.05, 0) is 85.0 Å². The van der Waals surface area contributed by atoms with Crippen molar-refractivity contribution >= 4 is 23.6 Å². The van der Waals surface area contributed by atoms with Gasteiger partial charge < -0.3 is 20.3 Å². The summed E-state index contributed by atoms with van der Waals surface area (Å²) >= 11 is 0. The van der Waals surface area contributed by atoms with E-state index in [1.54, 1.807) is 31.2 Å². The third-order valence-corrected chi connectivity index (χ3v) is 8.23. The molecule has 0 saturated heterocycles. The lowest BCUT2D eigenvalue weighted by Gasteiger charge is -2.42. The van der Waals surface area contributed by atoms with Gasteiger partial charge in [0.2, 0.25) is 5.91 Å². The summed E-state index contributed by atoms with van der Waals surface area (Å²) in [5.41, 5.74) is 6.76. The van der Waals surface area contributed by atoms with Crippen molar-refractivity contribution < 1.29 is 19.1 Å². The lowest BCUT2D eigenvalue weighted by Crippen LogP contribution is -2.46. The molecule has 0 heterocycles. The molecule has 2 unspecified atom stereocenters. The van der Waals surface area contributed by atoms with E-state index in [4.69, 9.17) is 4.74 Å². The number of nitrogens with zero attached hydrogens (tertiary/aromatic N) is 1. The van der Waals surface area contributed by atoms with Crippen LogP contribution in [0, 0.1) is 12.8 Å². The van der Waals surface area contributed by atoms with E-state index in [9.17, 15) is 14.4 Å². The maximum atomic E-state index is 14.1. The first-order valence-corrected chi connectivity index (χ1v) is 15.2. The second kappa shape index (κ2) is 14.5. The number of hydrogen-bond donors (Lipinski definition) is 2. The summed E-state index contributed by atoms with van der Waals surface area (Å²) < 4.78 is 5.06. The predicted octanol–water partition coefficient (Wildman–Crippen LogP) is 6.87. The molecule has 44 heavy (non-hydrogen) atoms. The van der Waals surface area contributed by atoms with Gasteiger partial charge in [0, 0.05) is 12.2 Å². The molecule has 0 aliphatic heterocycles. The standard InChI is InChI=1S/C37H39N3O4/c1-3-44-36(42)31-17-11-18-32(23-31)39-37(43)38-24-34(41)40(25-27-13-5-4-6-14-27)35-30(22-29-16-8-7-12-26(29)2)21-20-28-15-9-10-19-33(28)35/h4-19,23,30,35H,3,20-22,24-25H2,1-2H3,(H2,38,39,43). The predicted molar refractivity (Wildman–Crippen MR) is 172 cm³/mol. The summed E-state index contributed by atoms with van der Waals surface area (Å²) in [6.07, 6.45) is 2.77. The average Bonchev–Trinajstić information content (AvgIpc) is 3.04. The molecule has 5 rings (SSSR count). The molecule has 1 aliphatic rings. The van der Waals surface area contributed by atoms with E-state index in [1.165, 1.54) is 22.3 Å². The first-order valence-electron chi connectivity index (χ1n) is 15.2. The maximum Gasteiger partial charge on any atom is 0.338 e. The minimum absolute atomic E-state index is 0.154. The quantitative estimate of drug-likeness (QED) is 0.198. The Bertz CT molecular complexity index is 1600. The Kier molecular flexibility index (Phi) is 10.1. The third-order valence-electron chi connectivity index (χ3n) is 8.23. The first-order chi connectivity index (χ1) is 21.4. The molecule has 4 aromatic rings. The zero-order valence-corrected chi connectivity index (χ0v) is 25.3. The number of nitrogens with one attached hydrogen (secondary N) is 2. The fourth-order valence-electron chi connectivity index (χ4n) is 6.05. The SMILES string of the molecule is CCOC(=O)c1cccc(NC(=O)NCC(=O)N(Cc2ccccc2)C2c3ccccc3CCC2Cc2ccccc2C)c1. The van der Waals surface area contributed by atoms with Gasteiger partial charge in [-0.2, -0.15) is 0 Å². The number of anilines is 1. The van der Waals surface area contributed by atoms with E-state index in [1.807, 2.05) is 41.3 Å². The zero-order chi connectivity index (χ0) is 30.9. The zero-order valence-electron chi connectivity index (χ0n) is 25.3. The van der Waals surface area contributed by atoms with Crippen LogP contribution in [0.15, 0.2) is 103 Å². The van der Waals surface area contributed by atoms with Crippen molar-refractivity contribution in [1.82, 2.24) is 10.2 Å². The average molecular weight is 590 g/mol. The number of esters is 1. The lowest BCUT2D eigenvalue weighted by atomic mass is 9.75. The highest BCUT2D eigenvalue weighted by Gasteiger charge is 2.36. The molecule has 0 fully saturated rings. The number of carbonyl (C=O) groups is 3. The third kappa shape index (κ3) is 7.53. The highest BCUT2D eigenvalue weighted by Crippen LogP contribution is 2.41. The highest BCUT2D eigenvalue weighted by molar-refractivity contribution is 5.95. The molecule has 7 heteroatoms. The number of amides is 3. The Balaban J connectivity index is 1.38. The largest absolute Gasteiger partial charge is 0.462 e. The summed E-state index contributed by atoms with van der Waals surface area (Å²) in [7, 11) is 0. The molecule has 226 valence electrons. The van der Waals surface area contributed by atoms with Crippen LogP contribution >= 0.6 is 0 Å². The van der Waals surface area contributed by atoms with E-state index in [-0.39, 0.29) is 31.0 Å². The van der Waals surface area contributed by atoms with Crippen molar-refractivity contribution in [2.24, 2.45) is 5.92 Å². The normalized spacial score (nSPS) is 15.5. The van der Waals surface area contributed by atoms with Gasteiger partial charge in [0.05, 0.1) is 24.8 Å². The molecule has 4 aromatic carbocycles. The Morgan fingerprint density at radius 3 is 2.43 bits per heavy atom. The first kappa shape index (κ1) is 30.5. The van der Waals surface area contributed by atoms with Crippen LogP contribution in [-0.2, 0) is 28.9 Å². The minimum atomic E-state index is -0.528. The number of rotatable bonds is 10. The van der Waals surface area contributed by atoms with Crippen LogP contribution in [0.3, 0.4) is 0 Å². The van der Waals surface area contributed by atoms with Gasteiger partial charge >= 0.3 is 12.0 Å². The number of ether oxygens (including phenoxy) is 1. The van der Waals surface area contributed by atoms with E-state index in [2.05, 4.69) is 60.0 Å². The molecule has 0 aromatic heterocycles. The van der Waals surface area contributed by atoms with Crippen molar-refractivity contribution in [2.45, 2.75) is 45.7 Å². The number of carbonyl (C=O) groups excluding carboxylic acids is 3. The Hall–Kier alpha value is -4.91. The van der Waals surface area contributed by atoms with E-state index < -0.39 is 12.0 Å². The van der Waals surface area contributed by atoms with Gasteiger partial charge in [-0.3, -0.25) is 4.79 Å². The number of hydrogen-bond acceptors (Lipinski definition) is 4. The molecule has 7 nitrogen and oxygen atoms in total. The van der Waals surface area contributed by atoms with Crippen LogP contribution in [0.4, 0.5) is 10.5 Å². The fourth-order valence-corrected chi connectivity index (χ4v) is 6.05. The molecule has 0 spiro atoms. The van der Waals surface area contributed by atoms with Gasteiger partial charge in [-0.25, -0.2) is 9.59 Å². The van der Waals surface area contributed by atoms with Gasteiger partial charge in [-0.15, -0.1) is 0 Å². The summed E-state index contributed by atoms with van der Waals surface area (Å²) in [6, 6.07) is 32.7. The van der Waals surface area contributed by atoms with Crippen LogP contribution in [0.5, 0.6) is 0 Å². The second-order valence-corrected chi connectivity index (χ2v) is 11.2. The number of benzene rings is 4. The number of urea groups is 1.